The molecule has 3 aromatic carbocycles. The summed E-state index contributed by atoms with van der Waals surface area (Å²) >= 11 is 5.80. The minimum absolute atomic E-state index is 0.172. The lowest BCUT2D eigenvalue weighted by Gasteiger charge is -2.15. The van der Waals surface area contributed by atoms with E-state index in [2.05, 4.69) is 0 Å². The molecule has 3 rings (SSSR count). The summed E-state index contributed by atoms with van der Waals surface area (Å²) in [7, 11) is -3.94. The van der Waals surface area contributed by atoms with Crippen molar-refractivity contribution in [3.63, 3.8) is 0 Å². The van der Waals surface area contributed by atoms with Gasteiger partial charge in [0, 0.05) is 0 Å². The zero-order valence-corrected chi connectivity index (χ0v) is 15.5. The van der Waals surface area contributed by atoms with E-state index in [0.29, 0.717) is 16.7 Å². The maximum absolute atomic E-state index is 13.5. The second-order valence-corrected chi connectivity index (χ2v) is 7.93. The Morgan fingerprint density at radius 2 is 1.43 bits per heavy atom. The maximum atomic E-state index is 13.5. The molecule has 0 amide bonds. The SMILES string of the molecule is NS(=O)(=O)c1ccc(-c2cc(C(F)(F)F)ccc2-c2ccc(F)c(Cl)c2)cc1. The number of alkyl halides is 3. The Morgan fingerprint density at radius 1 is 0.821 bits per heavy atom. The molecule has 9 heteroatoms. The van der Waals surface area contributed by atoms with Crippen LogP contribution in [0.1, 0.15) is 5.56 Å². The van der Waals surface area contributed by atoms with Gasteiger partial charge in [0.25, 0.3) is 0 Å². The normalized spacial score (nSPS) is 12.2. The van der Waals surface area contributed by atoms with E-state index in [1.165, 1.54) is 42.5 Å². The highest BCUT2D eigenvalue weighted by Crippen LogP contribution is 2.39. The molecule has 0 unspecified atom stereocenters. The third-order valence-corrected chi connectivity index (χ3v) is 5.29. The van der Waals surface area contributed by atoms with Gasteiger partial charge in [0.15, 0.2) is 0 Å². The fourth-order valence-corrected chi connectivity index (χ4v) is 3.39. The van der Waals surface area contributed by atoms with Crippen LogP contribution in [0.5, 0.6) is 0 Å². The van der Waals surface area contributed by atoms with Crippen LogP contribution < -0.4 is 5.14 Å². The molecule has 0 aliphatic heterocycles. The summed E-state index contributed by atoms with van der Waals surface area (Å²) in [5.74, 6) is -0.656. The highest BCUT2D eigenvalue weighted by Gasteiger charge is 2.31. The van der Waals surface area contributed by atoms with Gasteiger partial charge in [-0.3, -0.25) is 0 Å². The van der Waals surface area contributed by atoms with Crippen molar-refractivity contribution in [1.29, 1.82) is 0 Å². The molecule has 3 nitrogen and oxygen atoms in total. The molecular formula is C19H12ClF4NO2S. The highest BCUT2D eigenvalue weighted by atomic mass is 35.5. The molecular weight excluding hydrogens is 418 g/mol. The van der Waals surface area contributed by atoms with Crippen LogP contribution in [-0.4, -0.2) is 8.42 Å². The first kappa shape index (κ1) is 20.3. The van der Waals surface area contributed by atoms with E-state index in [-0.39, 0.29) is 15.5 Å². The standard InChI is InChI=1S/C19H12ClF4NO2S/c20-17-9-12(3-8-18(17)21)15-7-4-13(19(22,23)24)10-16(15)11-1-5-14(6-2-11)28(25,26)27/h1-10H,(H2,25,26,27). The minimum Gasteiger partial charge on any atom is -0.225 e. The fraction of sp³-hybridized carbons (Fsp3) is 0.0526. The first-order valence-corrected chi connectivity index (χ1v) is 9.69. The number of halogens is 5. The van der Waals surface area contributed by atoms with Gasteiger partial charge in [-0.15, -0.1) is 0 Å². The molecule has 146 valence electrons. The molecule has 0 aromatic heterocycles. The van der Waals surface area contributed by atoms with Crippen LogP contribution in [0.15, 0.2) is 65.6 Å². The molecule has 0 bridgehead atoms. The minimum atomic E-state index is -4.58. The summed E-state index contributed by atoms with van der Waals surface area (Å²) in [5.41, 5.74) is 0.409. The van der Waals surface area contributed by atoms with E-state index in [9.17, 15) is 26.0 Å². The lowest BCUT2D eigenvalue weighted by molar-refractivity contribution is -0.137. The fourth-order valence-electron chi connectivity index (χ4n) is 2.70. The molecule has 0 aliphatic rings. The van der Waals surface area contributed by atoms with Crippen molar-refractivity contribution in [2.75, 3.05) is 0 Å². The molecule has 0 radical (unpaired) electrons. The van der Waals surface area contributed by atoms with Crippen molar-refractivity contribution in [2.24, 2.45) is 5.14 Å². The van der Waals surface area contributed by atoms with E-state index in [1.807, 2.05) is 0 Å². The average molecular weight is 430 g/mol. The van der Waals surface area contributed by atoms with Gasteiger partial charge >= 0.3 is 6.18 Å². The third kappa shape index (κ3) is 4.19. The summed E-state index contributed by atoms with van der Waals surface area (Å²) in [6, 6.07) is 12.0. The van der Waals surface area contributed by atoms with Crippen LogP contribution in [-0.2, 0) is 16.2 Å². The summed E-state index contributed by atoms with van der Waals surface area (Å²) < 4.78 is 75.8. The predicted molar refractivity (Wildman–Crippen MR) is 98.7 cm³/mol. The van der Waals surface area contributed by atoms with Gasteiger partial charge < -0.3 is 0 Å². The number of hydrogen-bond donors (Lipinski definition) is 1. The smallest absolute Gasteiger partial charge is 0.225 e. The Morgan fingerprint density at radius 3 is 1.96 bits per heavy atom. The van der Waals surface area contributed by atoms with Gasteiger partial charge in [0.05, 0.1) is 15.5 Å². The number of rotatable bonds is 3. The van der Waals surface area contributed by atoms with Crippen molar-refractivity contribution in [3.05, 3.63) is 77.1 Å². The second kappa shape index (κ2) is 7.20. The maximum Gasteiger partial charge on any atom is 0.416 e. The number of primary sulfonamides is 1. The van der Waals surface area contributed by atoms with Gasteiger partial charge in [0.1, 0.15) is 5.82 Å². The number of hydrogen-bond acceptors (Lipinski definition) is 2. The lowest BCUT2D eigenvalue weighted by Crippen LogP contribution is -2.11. The lowest BCUT2D eigenvalue weighted by atomic mass is 9.92. The Balaban J connectivity index is 2.22. The Kier molecular flexibility index (Phi) is 5.22. The van der Waals surface area contributed by atoms with Gasteiger partial charge in [-0.1, -0.05) is 35.9 Å². The van der Waals surface area contributed by atoms with Crippen LogP contribution in [0.2, 0.25) is 5.02 Å². The summed E-state index contributed by atoms with van der Waals surface area (Å²) in [6.45, 7) is 0. The quantitative estimate of drug-likeness (QED) is 0.560. The molecule has 3 aromatic rings. The molecule has 0 spiro atoms. The zero-order chi connectivity index (χ0) is 20.7. The number of benzene rings is 3. The number of nitrogens with two attached hydrogens (primary N) is 1. The molecule has 0 fully saturated rings. The third-order valence-electron chi connectivity index (χ3n) is 4.07. The average Bonchev–Trinajstić information content (AvgIpc) is 2.62. The second-order valence-electron chi connectivity index (χ2n) is 5.96. The predicted octanol–water partition coefficient (Wildman–Crippen LogP) is 5.48. The van der Waals surface area contributed by atoms with Crippen molar-refractivity contribution < 1.29 is 26.0 Å². The van der Waals surface area contributed by atoms with Crippen LogP contribution >= 0.6 is 11.6 Å². The van der Waals surface area contributed by atoms with Gasteiger partial charge in [-0.05, 0) is 58.7 Å². The van der Waals surface area contributed by atoms with Crippen LogP contribution in [0, 0.1) is 5.82 Å². The summed E-state index contributed by atoms with van der Waals surface area (Å²) in [6.07, 6.45) is -4.58. The van der Waals surface area contributed by atoms with E-state index < -0.39 is 27.6 Å². The molecule has 0 saturated heterocycles. The Bertz CT molecular complexity index is 1140. The van der Waals surface area contributed by atoms with E-state index in [0.717, 1.165) is 18.2 Å². The zero-order valence-electron chi connectivity index (χ0n) is 14.0. The molecule has 0 aliphatic carbocycles. The monoisotopic (exact) mass is 429 g/mol. The Labute approximate surface area is 163 Å². The van der Waals surface area contributed by atoms with E-state index >= 15 is 0 Å². The first-order valence-electron chi connectivity index (χ1n) is 7.77. The molecule has 0 saturated carbocycles. The van der Waals surface area contributed by atoms with Gasteiger partial charge in [0.2, 0.25) is 10.0 Å². The van der Waals surface area contributed by atoms with E-state index in [4.69, 9.17) is 16.7 Å². The van der Waals surface area contributed by atoms with Crippen LogP contribution in [0.4, 0.5) is 17.6 Å². The van der Waals surface area contributed by atoms with Crippen LogP contribution in [0.3, 0.4) is 0 Å². The van der Waals surface area contributed by atoms with Crippen molar-refractivity contribution in [2.45, 2.75) is 11.1 Å². The van der Waals surface area contributed by atoms with Gasteiger partial charge in [-0.25, -0.2) is 17.9 Å². The van der Waals surface area contributed by atoms with Crippen LogP contribution in [0.25, 0.3) is 22.3 Å². The molecule has 28 heavy (non-hydrogen) atoms. The highest BCUT2D eigenvalue weighted by molar-refractivity contribution is 7.89. The largest absolute Gasteiger partial charge is 0.416 e. The van der Waals surface area contributed by atoms with Crippen molar-refractivity contribution >= 4 is 21.6 Å². The molecule has 2 N–H and O–H groups in total. The first-order chi connectivity index (χ1) is 13.0. The summed E-state index contributed by atoms with van der Waals surface area (Å²) in [4.78, 5) is -0.172. The number of sulfonamides is 1. The molecule has 0 heterocycles. The molecule has 0 atom stereocenters. The Hall–Kier alpha value is -2.42. The van der Waals surface area contributed by atoms with Gasteiger partial charge in [-0.2, -0.15) is 13.2 Å². The van der Waals surface area contributed by atoms with Crippen molar-refractivity contribution in [3.8, 4) is 22.3 Å². The van der Waals surface area contributed by atoms with Crippen molar-refractivity contribution in [1.82, 2.24) is 0 Å². The summed E-state index contributed by atoms with van der Waals surface area (Å²) in [5, 5.41) is 4.88. The van der Waals surface area contributed by atoms with E-state index in [1.54, 1.807) is 0 Å². The topological polar surface area (TPSA) is 60.2 Å².